The van der Waals surface area contributed by atoms with Crippen LogP contribution in [0.25, 0.3) is 0 Å². The molecule has 1 fully saturated rings. The highest BCUT2D eigenvalue weighted by molar-refractivity contribution is 14.1. The molecular formula is C13H18INS. The second kappa shape index (κ2) is 6.26. The minimum absolute atomic E-state index is 0.776. The molecule has 0 aromatic heterocycles. The fourth-order valence-electron chi connectivity index (χ4n) is 2.18. The molecule has 3 heteroatoms. The van der Waals surface area contributed by atoms with Crippen molar-refractivity contribution in [2.75, 3.05) is 7.05 Å². The van der Waals surface area contributed by atoms with Crippen LogP contribution < -0.4 is 0 Å². The summed E-state index contributed by atoms with van der Waals surface area (Å²) in [5.41, 5.74) is 0. The van der Waals surface area contributed by atoms with Crippen LogP contribution in [0.5, 0.6) is 0 Å². The molecule has 0 aliphatic heterocycles. The van der Waals surface area contributed by atoms with E-state index in [-0.39, 0.29) is 0 Å². The van der Waals surface area contributed by atoms with Crippen molar-refractivity contribution < 1.29 is 0 Å². The van der Waals surface area contributed by atoms with Crippen molar-refractivity contribution in [2.24, 2.45) is 0 Å². The summed E-state index contributed by atoms with van der Waals surface area (Å²) in [5, 5.41) is 0. The standard InChI is InChI=1S/C13H18INS/c1-15(12-5-3-2-4-6-12)16-13-9-7-11(14)8-10-13/h7-10,12H,2-6H2,1H3. The highest BCUT2D eigenvalue weighted by Crippen LogP contribution is 2.30. The van der Waals surface area contributed by atoms with Gasteiger partial charge in [-0.25, -0.2) is 4.31 Å². The lowest BCUT2D eigenvalue weighted by molar-refractivity contribution is 0.305. The molecule has 1 aliphatic carbocycles. The topological polar surface area (TPSA) is 3.24 Å². The van der Waals surface area contributed by atoms with E-state index >= 15 is 0 Å². The SMILES string of the molecule is CN(Sc1ccc(I)cc1)C1CCCCC1. The number of hydrogen-bond acceptors (Lipinski definition) is 2. The van der Waals surface area contributed by atoms with Gasteiger partial charge in [-0.1, -0.05) is 19.3 Å². The molecule has 1 nitrogen and oxygen atoms in total. The normalized spacial score (nSPS) is 17.9. The average Bonchev–Trinajstić information content (AvgIpc) is 2.33. The zero-order valence-corrected chi connectivity index (χ0v) is 12.6. The van der Waals surface area contributed by atoms with E-state index in [1.54, 1.807) is 0 Å². The van der Waals surface area contributed by atoms with Crippen LogP contribution in [-0.2, 0) is 0 Å². The molecule has 0 saturated heterocycles. The van der Waals surface area contributed by atoms with Gasteiger partial charge in [0.2, 0.25) is 0 Å². The summed E-state index contributed by atoms with van der Waals surface area (Å²) >= 11 is 4.24. The van der Waals surface area contributed by atoms with Crippen molar-refractivity contribution >= 4 is 34.5 Å². The smallest absolute Gasteiger partial charge is 0.0231 e. The number of halogens is 1. The third kappa shape index (κ3) is 3.64. The van der Waals surface area contributed by atoms with Crippen molar-refractivity contribution in [3.8, 4) is 0 Å². The van der Waals surface area contributed by atoms with Crippen molar-refractivity contribution in [3.63, 3.8) is 0 Å². The lowest BCUT2D eigenvalue weighted by Gasteiger charge is -2.30. The Hall–Kier alpha value is 0.260. The van der Waals surface area contributed by atoms with Gasteiger partial charge in [0, 0.05) is 14.5 Å². The molecule has 16 heavy (non-hydrogen) atoms. The van der Waals surface area contributed by atoms with Crippen molar-refractivity contribution in [2.45, 2.75) is 43.0 Å². The number of benzene rings is 1. The van der Waals surface area contributed by atoms with Gasteiger partial charge in [-0.2, -0.15) is 0 Å². The van der Waals surface area contributed by atoms with Gasteiger partial charge < -0.3 is 0 Å². The summed E-state index contributed by atoms with van der Waals surface area (Å²) in [5.74, 6) is 0. The Kier molecular flexibility index (Phi) is 4.97. The highest BCUT2D eigenvalue weighted by Gasteiger charge is 2.18. The molecule has 0 atom stereocenters. The van der Waals surface area contributed by atoms with E-state index in [4.69, 9.17) is 0 Å². The third-order valence-corrected chi connectivity index (χ3v) is 4.94. The van der Waals surface area contributed by atoms with Crippen LogP contribution >= 0.6 is 34.5 Å². The van der Waals surface area contributed by atoms with Crippen molar-refractivity contribution in [3.05, 3.63) is 27.8 Å². The maximum atomic E-state index is 2.45. The van der Waals surface area contributed by atoms with E-state index in [2.05, 4.69) is 58.2 Å². The van der Waals surface area contributed by atoms with Gasteiger partial charge in [-0.15, -0.1) is 0 Å². The molecule has 0 radical (unpaired) electrons. The first-order chi connectivity index (χ1) is 7.75. The number of nitrogens with zero attached hydrogens (tertiary/aromatic N) is 1. The molecule has 1 saturated carbocycles. The lowest BCUT2D eigenvalue weighted by Crippen LogP contribution is -2.27. The summed E-state index contributed by atoms with van der Waals surface area (Å²) in [4.78, 5) is 1.36. The van der Waals surface area contributed by atoms with Gasteiger partial charge in [-0.05, 0) is 78.7 Å². The Morgan fingerprint density at radius 3 is 2.38 bits per heavy atom. The van der Waals surface area contributed by atoms with E-state index in [9.17, 15) is 0 Å². The van der Waals surface area contributed by atoms with Gasteiger partial charge >= 0.3 is 0 Å². The molecule has 2 rings (SSSR count). The van der Waals surface area contributed by atoms with Gasteiger partial charge in [0.1, 0.15) is 0 Å². The molecular weight excluding hydrogens is 329 g/mol. The van der Waals surface area contributed by atoms with Gasteiger partial charge in [0.15, 0.2) is 0 Å². The van der Waals surface area contributed by atoms with Crippen molar-refractivity contribution in [1.82, 2.24) is 4.31 Å². The number of rotatable bonds is 3. The Balaban J connectivity index is 1.90. The second-order valence-corrected chi connectivity index (χ2v) is 6.86. The Morgan fingerprint density at radius 1 is 1.12 bits per heavy atom. The van der Waals surface area contributed by atoms with Crippen LogP contribution in [-0.4, -0.2) is 17.4 Å². The van der Waals surface area contributed by atoms with Crippen LogP contribution in [0.15, 0.2) is 29.2 Å². The molecule has 1 aliphatic rings. The zero-order chi connectivity index (χ0) is 11.4. The Morgan fingerprint density at radius 2 is 1.75 bits per heavy atom. The zero-order valence-electron chi connectivity index (χ0n) is 9.66. The summed E-state index contributed by atoms with van der Waals surface area (Å²) in [6.45, 7) is 0. The second-order valence-electron chi connectivity index (χ2n) is 4.38. The lowest BCUT2D eigenvalue weighted by atomic mass is 9.96. The molecule has 88 valence electrons. The van der Waals surface area contributed by atoms with E-state index in [0.717, 1.165) is 6.04 Å². The van der Waals surface area contributed by atoms with Crippen LogP contribution in [0.2, 0.25) is 0 Å². The third-order valence-electron chi connectivity index (χ3n) is 3.15. The Labute approximate surface area is 116 Å². The Bertz CT molecular complexity index is 319. The molecule has 0 unspecified atom stereocenters. The van der Waals surface area contributed by atoms with E-state index in [0.29, 0.717) is 0 Å². The minimum Gasteiger partial charge on any atom is -0.246 e. The largest absolute Gasteiger partial charge is 0.246 e. The molecule has 0 spiro atoms. The van der Waals surface area contributed by atoms with Crippen molar-refractivity contribution in [1.29, 1.82) is 0 Å². The maximum absolute atomic E-state index is 2.45. The van der Waals surface area contributed by atoms with Crippen LogP contribution in [0.4, 0.5) is 0 Å². The summed E-state index contributed by atoms with van der Waals surface area (Å²) in [7, 11) is 2.23. The maximum Gasteiger partial charge on any atom is 0.0231 e. The van der Waals surface area contributed by atoms with Crippen LogP contribution in [0, 0.1) is 3.57 Å². The fraction of sp³-hybridized carbons (Fsp3) is 0.538. The minimum atomic E-state index is 0.776. The van der Waals surface area contributed by atoms with Crippen LogP contribution in [0.3, 0.4) is 0 Å². The molecule has 0 N–H and O–H groups in total. The molecule has 1 aromatic carbocycles. The molecule has 0 amide bonds. The highest BCUT2D eigenvalue weighted by atomic mass is 127. The first kappa shape index (κ1) is 12.7. The summed E-state index contributed by atoms with van der Waals surface area (Å²) < 4.78 is 3.75. The van der Waals surface area contributed by atoms with E-state index in [1.165, 1.54) is 40.6 Å². The first-order valence-corrected chi connectivity index (χ1v) is 7.77. The monoisotopic (exact) mass is 347 g/mol. The molecule has 0 bridgehead atoms. The van der Waals surface area contributed by atoms with Gasteiger partial charge in [0.25, 0.3) is 0 Å². The van der Waals surface area contributed by atoms with Gasteiger partial charge in [0.05, 0.1) is 0 Å². The van der Waals surface area contributed by atoms with E-state index in [1.807, 2.05) is 11.9 Å². The first-order valence-electron chi connectivity index (χ1n) is 5.92. The molecule has 0 heterocycles. The summed E-state index contributed by atoms with van der Waals surface area (Å²) in [6.07, 6.45) is 6.98. The quantitative estimate of drug-likeness (QED) is 0.582. The summed E-state index contributed by atoms with van der Waals surface area (Å²) in [6, 6.07) is 9.56. The van der Waals surface area contributed by atoms with E-state index < -0.39 is 0 Å². The number of hydrogen-bond donors (Lipinski definition) is 0. The van der Waals surface area contributed by atoms with Gasteiger partial charge in [-0.3, -0.25) is 0 Å². The fourth-order valence-corrected chi connectivity index (χ4v) is 3.49. The predicted octanol–water partition coefficient (Wildman–Crippen LogP) is 4.56. The average molecular weight is 347 g/mol. The molecule has 1 aromatic rings. The van der Waals surface area contributed by atoms with Crippen LogP contribution in [0.1, 0.15) is 32.1 Å². The predicted molar refractivity (Wildman–Crippen MR) is 79.7 cm³/mol.